The minimum atomic E-state index is 0.203. The van der Waals surface area contributed by atoms with Gasteiger partial charge in [-0.15, -0.1) is 0 Å². The van der Waals surface area contributed by atoms with E-state index in [2.05, 4.69) is 13.0 Å². The molecule has 0 radical (unpaired) electrons. The van der Waals surface area contributed by atoms with Crippen molar-refractivity contribution in [3.05, 3.63) is 33.8 Å². The number of rotatable bonds is 2. The summed E-state index contributed by atoms with van der Waals surface area (Å²) in [5, 5.41) is 0.844. The van der Waals surface area contributed by atoms with Crippen LogP contribution in [-0.2, 0) is 0 Å². The summed E-state index contributed by atoms with van der Waals surface area (Å²) in [6.45, 7) is 4.14. The lowest BCUT2D eigenvalue weighted by molar-refractivity contribution is 0.264. The fraction of sp³-hybridized carbons (Fsp3) is 0.538. The zero-order valence-corrected chi connectivity index (χ0v) is 10.1. The van der Waals surface area contributed by atoms with E-state index in [1.165, 1.54) is 30.4 Å². The Labute approximate surface area is 96.6 Å². The molecule has 1 aliphatic rings. The molecule has 0 heterocycles. The molecule has 0 aliphatic heterocycles. The second-order valence-corrected chi connectivity index (χ2v) is 5.08. The molecule has 1 aromatic carbocycles. The summed E-state index contributed by atoms with van der Waals surface area (Å²) < 4.78 is 0. The van der Waals surface area contributed by atoms with Crippen LogP contribution in [0.3, 0.4) is 0 Å². The lowest BCUT2D eigenvalue weighted by atomic mass is 9.76. The minimum Gasteiger partial charge on any atom is -0.324 e. The Morgan fingerprint density at radius 2 is 1.93 bits per heavy atom. The van der Waals surface area contributed by atoms with Gasteiger partial charge in [-0.25, -0.2) is 0 Å². The summed E-state index contributed by atoms with van der Waals surface area (Å²) in [6.07, 6.45) is 3.90. The third-order valence-corrected chi connectivity index (χ3v) is 3.97. The first kappa shape index (κ1) is 11.0. The fourth-order valence-electron chi connectivity index (χ4n) is 2.22. The van der Waals surface area contributed by atoms with Gasteiger partial charge in [0, 0.05) is 11.1 Å². The van der Waals surface area contributed by atoms with Gasteiger partial charge in [0.25, 0.3) is 0 Å². The summed E-state index contributed by atoms with van der Waals surface area (Å²) in [4.78, 5) is 0. The number of aryl methyl sites for hydroxylation is 2. The maximum absolute atomic E-state index is 6.28. The first-order valence-corrected chi connectivity index (χ1v) is 5.99. The van der Waals surface area contributed by atoms with E-state index >= 15 is 0 Å². The van der Waals surface area contributed by atoms with E-state index in [1.54, 1.807) is 0 Å². The quantitative estimate of drug-likeness (QED) is 0.812. The molecule has 1 nitrogen and oxygen atoms in total. The fourth-order valence-corrected chi connectivity index (χ4v) is 2.43. The summed E-state index contributed by atoms with van der Waals surface area (Å²) in [5.74, 6) is 0.685. The van der Waals surface area contributed by atoms with E-state index < -0.39 is 0 Å². The van der Waals surface area contributed by atoms with Crippen LogP contribution in [0.4, 0.5) is 0 Å². The molecule has 1 saturated carbocycles. The van der Waals surface area contributed by atoms with Crippen LogP contribution in [-0.4, -0.2) is 0 Å². The van der Waals surface area contributed by atoms with Crippen LogP contribution in [0.2, 0.25) is 5.02 Å². The van der Waals surface area contributed by atoms with E-state index in [0.717, 1.165) is 10.6 Å². The molecule has 1 aliphatic carbocycles. The van der Waals surface area contributed by atoms with Crippen molar-refractivity contribution in [1.29, 1.82) is 0 Å². The molecule has 1 atom stereocenters. The van der Waals surface area contributed by atoms with Crippen molar-refractivity contribution in [1.82, 2.24) is 0 Å². The maximum Gasteiger partial charge on any atom is 0.0438 e. The summed E-state index contributed by atoms with van der Waals surface area (Å²) in [5.41, 5.74) is 9.91. The highest BCUT2D eigenvalue weighted by molar-refractivity contribution is 6.31. The normalized spacial score (nSPS) is 18.7. The Kier molecular flexibility index (Phi) is 3.03. The second kappa shape index (κ2) is 4.15. The highest BCUT2D eigenvalue weighted by atomic mass is 35.5. The number of benzene rings is 1. The lowest BCUT2D eigenvalue weighted by Crippen LogP contribution is -2.27. The van der Waals surface area contributed by atoms with Crippen LogP contribution >= 0.6 is 11.6 Å². The molecule has 82 valence electrons. The zero-order valence-electron chi connectivity index (χ0n) is 9.39. The molecule has 2 rings (SSSR count). The van der Waals surface area contributed by atoms with Crippen LogP contribution in [0.5, 0.6) is 0 Å². The number of halogens is 1. The second-order valence-electron chi connectivity index (χ2n) is 4.67. The van der Waals surface area contributed by atoms with Gasteiger partial charge in [0.05, 0.1) is 0 Å². The van der Waals surface area contributed by atoms with E-state index in [-0.39, 0.29) is 6.04 Å². The third-order valence-electron chi connectivity index (χ3n) is 3.56. The van der Waals surface area contributed by atoms with Crippen LogP contribution in [0.25, 0.3) is 0 Å². The van der Waals surface area contributed by atoms with Crippen molar-refractivity contribution in [3.8, 4) is 0 Å². The molecule has 2 N–H and O–H groups in total. The van der Waals surface area contributed by atoms with Gasteiger partial charge < -0.3 is 5.73 Å². The molecule has 0 spiro atoms. The van der Waals surface area contributed by atoms with Gasteiger partial charge in [0.1, 0.15) is 0 Å². The highest BCUT2D eigenvalue weighted by Crippen LogP contribution is 2.38. The Bertz CT molecular complexity index is 369. The van der Waals surface area contributed by atoms with Crippen molar-refractivity contribution in [2.75, 3.05) is 0 Å². The molecule has 1 fully saturated rings. The smallest absolute Gasteiger partial charge is 0.0438 e. The van der Waals surface area contributed by atoms with Crippen LogP contribution in [0.1, 0.15) is 42.0 Å². The molecule has 0 saturated heterocycles. The number of hydrogen-bond acceptors (Lipinski definition) is 1. The highest BCUT2D eigenvalue weighted by Gasteiger charge is 2.26. The largest absolute Gasteiger partial charge is 0.324 e. The SMILES string of the molecule is Cc1cc(C(N)C2CCC2)c(C)cc1Cl. The Morgan fingerprint density at radius 3 is 2.47 bits per heavy atom. The van der Waals surface area contributed by atoms with Crippen molar-refractivity contribution >= 4 is 11.6 Å². The van der Waals surface area contributed by atoms with Gasteiger partial charge in [-0.3, -0.25) is 0 Å². The molecular formula is C13H18ClN. The van der Waals surface area contributed by atoms with Crippen LogP contribution in [0.15, 0.2) is 12.1 Å². The predicted octanol–water partition coefficient (Wildman–Crippen LogP) is 3.76. The maximum atomic E-state index is 6.28. The minimum absolute atomic E-state index is 0.203. The zero-order chi connectivity index (χ0) is 11.0. The van der Waals surface area contributed by atoms with Gasteiger partial charge >= 0.3 is 0 Å². The van der Waals surface area contributed by atoms with Crippen molar-refractivity contribution in [2.24, 2.45) is 11.7 Å². The van der Waals surface area contributed by atoms with Crippen LogP contribution in [0, 0.1) is 19.8 Å². The standard InChI is InChI=1S/C13H18ClN/c1-8-7-12(14)9(2)6-11(8)13(15)10-4-3-5-10/h6-7,10,13H,3-5,15H2,1-2H3. The lowest BCUT2D eigenvalue weighted by Gasteiger charge is -2.32. The first-order chi connectivity index (χ1) is 7.09. The predicted molar refractivity (Wildman–Crippen MR) is 65.2 cm³/mol. The Hall–Kier alpha value is -0.530. The Morgan fingerprint density at radius 1 is 1.27 bits per heavy atom. The topological polar surface area (TPSA) is 26.0 Å². The molecule has 1 unspecified atom stereocenters. The van der Waals surface area contributed by atoms with Crippen molar-refractivity contribution in [3.63, 3.8) is 0 Å². The van der Waals surface area contributed by atoms with E-state index in [4.69, 9.17) is 17.3 Å². The van der Waals surface area contributed by atoms with E-state index in [9.17, 15) is 0 Å². The molecule has 0 aromatic heterocycles. The summed E-state index contributed by atoms with van der Waals surface area (Å²) in [6, 6.07) is 4.39. The summed E-state index contributed by atoms with van der Waals surface area (Å²) >= 11 is 6.08. The van der Waals surface area contributed by atoms with E-state index in [0.29, 0.717) is 5.92 Å². The van der Waals surface area contributed by atoms with Gasteiger partial charge in [-0.2, -0.15) is 0 Å². The molecule has 1 aromatic rings. The third kappa shape index (κ3) is 2.04. The van der Waals surface area contributed by atoms with Crippen molar-refractivity contribution in [2.45, 2.75) is 39.2 Å². The molecule has 2 heteroatoms. The van der Waals surface area contributed by atoms with Gasteiger partial charge in [0.2, 0.25) is 0 Å². The number of hydrogen-bond donors (Lipinski definition) is 1. The van der Waals surface area contributed by atoms with Gasteiger partial charge in [-0.05, 0) is 55.4 Å². The molecule has 0 amide bonds. The first-order valence-electron chi connectivity index (χ1n) is 5.62. The monoisotopic (exact) mass is 223 g/mol. The van der Waals surface area contributed by atoms with Crippen molar-refractivity contribution < 1.29 is 0 Å². The number of nitrogens with two attached hydrogens (primary N) is 1. The Balaban J connectivity index is 2.30. The van der Waals surface area contributed by atoms with Crippen LogP contribution < -0.4 is 5.73 Å². The molecule has 15 heavy (non-hydrogen) atoms. The van der Waals surface area contributed by atoms with Gasteiger partial charge in [-0.1, -0.05) is 24.1 Å². The average Bonchev–Trinajstić information content (AvgIpc) is 2.08. The molecule has 0 bridgehead atoms. The van der Waals surface area contributed by atoms with E-state index in [1.807, 2.05) is 13.0 Å². The average molecular weight is 224 g/mol. The molecular weight excluding hydrogens is 206 g/mol. The summed E-state index contributed by atoms with van der Waals surface area (Å²) in [7, 11) is 0. The van der Waals surface area contributed by atoms with Gasteiger partial charge in [0.15, 0.2) is 0 Å².